The maximum atomic E-state index is 13.7. The van der Waals surface area contributed by atoms with Gasteiger partial charge in [0.15, 0.2) is 0 Å². The SMILES string of the molecule is CCNc1cc(C(=O)N[C@@H](Cc2ccccc2)[C@@H](O)CNCc2ccc(C)c(OC)c2)cc(N2CCCCS2(O)O)c1. The van der Waals surface area contributed by atoms with Crippen molar-refractivity contribution in [3.63, 3.8) is 0 Å². The van der Waals surface area contributed by atoms with E-state index in [0.29, 0.717) is 43.1 Å². The largest absolute Gasteiger partial charge is 0.496 e. The Bertz CT molecular complexity index is 1320. The van der Waals surface area contributed by atoms with Crippen molar-refractivity contribution in [1.82, 2.24) is 10.6 Å². The zero-order valence-electron chi connectivity index (χ0n) is 24.7. The summed E-state index contributed by atoms with van der Waals surface area (Å²) in [6, 6.07) is 20.5. The molecule has 0 radical (unpaired) electrons. The van der Waals surface area contributed by atoms with Crippen LogP contribution in [0.15, 0.2) is 66.7 Å². The number of hydrogen-bond donors (Lipinski definition) is 6. The van der Waals surface area contributed by atoms with E-state index in [4.69, 9.17) is 4.74 Å². The molecule has 3 aromatic carbocycles. The first-order valence-electron chi connectivity index (χ1n) is 14.5. The molecule has 10 heteroatoms. The van der Waals surface area contributed by atoms with E-state index in [-0.39, 0.29) is 12.5 Å². The van der Waals surface area contributed by atoms with Gasteiger partial charge in [0.05, 0.1) is 30.7 Å². The van der Waals surface area contributed by atoms with Crippen molar-refractivity contribution < 1.29 is 23.7 Å². The third-order valence-electron chi connectivity index (χ3n) is 7.47. The number of amides is 1. The molecule has 0 aliphatic carbocycles. The standard InChI is InChI=1S/C32H44N4O5S/c1-4-34-27-18-26(19-28(20-27)36-14-8-9-15-42(36,39)40)32(38)35-29(16-24-10-6-5-7-11-24)30(37)22-33-21-25-13-12-23(2)31(17-25)41-3/h5-7,10-13,17-20,29-30,33-34,37,39-40H,4,8-9,14-16,21-22H2,1-3H3,(H,35,38)/t29-,30-/m0/s1. The van der Waals surface area contributed by atoms with Gasteiger partial charge in [0.25, 0.3) is 5.91 Å². The fourth-order valence-corrected chi connectivity index (χ4v) is 6.86. The highest BCUT2D eigenvalue weighted by Crippen LogP contribution is 2.50. The van der Waals surface area contributed by atoms with Crippen molar-refractivity contribution in [3.05, 3.63) is 89.0 Å². The third-order valence-corrected chi connectivity index (χ3v) is 9.40. The van der Waals surface area contributed by atoms with Crippen molar-refractivity contribution in [2.75, 3.05) is 42.1 Å². The molecule has 1 aliphatic rings. The quantitative estimate of drug-likeness (QED) is 0.159. The van der Waals surface area contributed by atoms with Crippen LogP contribution in [0.5, 0.6) is 5.75 Å². The first kappa shape index (κ1) is 31.7. The zero-order chi connectivity index (χ0) is 30.1. The molecule has 0 spiro atoms. The lowest BCUT2D eigenvalue weighted by atomic mass is 10.00. The molecule has 4 rings (SSSR count). The van der Waals surface area contributed by atoms with E-state index in [2.05, 4.69) is 16.0 Å². The molecule has 0 saturated carbocycles. The number of aliphatic hydroxyl groups excluding tert-OH is 1. The van der Waals surface area contributed by atoms with Crippen LogP contribution in [0.2, 0.25) is 0 Å². The van der Waals surface area contributed by atoms with Gasteiger partial charge in [-0.25, -0.2) is 0 Å². The summed E-state index contributed by atoms with van der Waals surface area (Å²) in [6.07, 6.45) is 1.17. The summed E-state index contributed by atoms with van der Waals surface area (Å²) in [4.78, 5) is 13.7. The molecule has 0 unspecified atom stereocenters. The van der Waals surface area contributed by atoms with Gasteiger partial charge in [-0.05, 0) is 74.1 Å². The lowest BCUT2D eigenvalue weighted by Crippen LogP contribution is -2.48. The average Bonchev–Trinajstić information content (AvgIpc) is 2.98. The number of methoxy groups -OCH3 is 1. The minimum absolute atomic E-state index is 0.269. The number of aryl methyl sites for hydroxylation is 1. The molecule has 42 heavy (non-hydrogen) atoms. The molecule has 3 aromatic rings. The van der Waals surface area contributed by atoms with E-state index in [1.807, 2.05) is 68.4 Å². The van der Waals surface area contributed by atoms with Crippen LogP contribution in [0.3, 0.4) is 0 Å². The van der Waals surface area contributed by atoms with Crippen molar-refractivity contribution in [2.45, 2.75) is 51.8 Å². The maximum absolute atomic E-state index is 13.7. The first-order valence-corrected chi connectivity index (χ1v) is 16.2. The predicted molar refractivity (Wildman–Crippen MR) is 172 cm³/mol. The summed E-state index contributed by atoms with van der Waals surface area (Å²) in [5, 5.41) is 20.9. The number of rotatable bonds is 13. The molecular formula is C32H44N4O5S. The Kier molecular flexibility index (Phi) is 11.1. The van der Waals surface area contributed by atoms with Gasteiger partial charge in [-0.1, -0.05) is 42.5 Å². The average molecular weight is 597 g/mol. The van der Waals surface area contributed by atoms with Crippen LogP contribution in [0.4, 0.5) is 11.4 Å². The van der Waals surface area contributed by atoms with E-state index >= 15 is 0 Å². The van der Waals surface area contributed by atoms with Gasteiger partial charge in [-0.3, -0.25) is 18.2 Å². The molecule has 9 nitrogen and oxygen atoms in total. The minimum Gasteiger partial charge on any atom is -0.496 e. The maximum Gasteiger partial charge on any atom is 0.251 e. The fraction of sp³-hybridized carbons (Fsp3) is 0.406. The van der Waals surface area contributed by atoms with Gasteiger partial charge in [0.1, 0.15) is 5.75 Å². The van der Waals surface area contributed by atoms with Crippen molar-refractivity contribution >= 4 is 28.1 Å². The molecule has 0 bridgehead atoms. The van der Waals surface area contributed by atoms with Crippen LogP contribution < -0.4 is 25.0 Å². The zero-order valence-corrected chi connectivity index (χ0v) is 25.5. The molecular weight excluding hydrogens is 552 g/mol. The molecule has 2 atom stereocenters. The third kappa shape index (κ3) is 8.39. The molecule has 1 saturated heterocycles. The van der Waals surface area contributed by atoms with Crippen LogP contribution in [-0.2, 0) is 13.0 Å². The van der Waals surface area contributed by atoms with Crippen LogP contribution in [0.1, 0.15) is 46.8 Å². The van der Waals surface area contributed by atoms with Crippen molar-refractivity contribution in [3.8, 4) is 5.75 Å². The Hall–Kier alpha value is -3.28. The number of nitrogens with one attached hydrogen (secondary N) is 3. The van der Waals surface area contributed by atoms with Gasteiger partial charge in [-0.2, -0.15) is 0 Å². The number of ether oxygens (including phenoxy) is 1. The van der Waals surface area contributed by atoms with Crippen LogP contribution in [-0.4, -0.2) is 64.8 Å². The highest BCUT2D eigenvalue weighted by molar-refractivity contribution is 8.25. The Balaban J connectivity index is 1.52. The lowest BCUT2D eigenvalue weighted by Gasteiger charge is -2.47. The molecule has 228 valence electrons. The topological polar surface area (TPSA) is 126 Å². The second-order valence-electron chi connectivity index (χ2n) is 10.7. The van der Waals surface area contributed by atoms with Crippen LogP contribution >= 0.6 is 10.8 Å². The first-order chi connectivity index (χ1) is 20.2. The van der Waals surface area contributed by atoms with Gasteiger partial charge in [0, 0.05) is 37.4 Å². The van der Waals surface area contributed by atoms with Gasteiger partial charge in [-0.15, -0.1) is 10.8 Å². The van der Waals surface area contributed by atoms with Gasteiger partial charge < -0.3 is 25.8 Å². The van der Waals surface area contributed by atoms with E-state index in [1.165, 1.54) is 0 Å². The lowest BCUT2D eigenvalue weighted by molar-refractivity contribution is 0.0830. The number of hydrogen-bond acceptors (Lipinski definition) is 8. The fourth-order valence-electron chi connectivity index (χ4n) is 5.18. The molecule has 1 heterocycles. The van der Waals surface area contributed by atoms with Gasteiger partial charge >= 0.3 is 0 Å². The summed E-state index contributed by atoms with van der Waals surface area (Å²) in [5.41, 5.74) is 4.77. The van der Waals surface area contributed by atoms with E-state index < -0.39 is 22.9 Å². The van der Waals surface area contributed by atoms with Crippen molar-refractivity contribution in [2.24, 2.45) is 0 Å². The number of benzene rings is 3. The summed E-state index contributed by atoms with van der Waals surface area (Å²) in [6.45, 7) is 5.92. The summed E-state index contributed by atoms with van der Waals surface area (Å²) in [7, 11) is -1.30. The monoisotopic (exact) mass is 596 g/mol. The Morgan fingerprint density at radius 1 is 1.05 bits per heavy atom. The summed E-state index contributed by atoms with van der Waals surface area (Å²) < 4.78 is 28.5. The van der Waals surface area contributed by atoms with E-state index in [9.17, 15) is 19.0 Å². The predicted octanol–water partition coefficient (Wildman–Crippen LogP) is 5.19. The smallest absolute Gasteiger partial charge is 0.251 e. The van der Waals surface area contributed by atoms with Crippen molar-refractivity contribution in [1.29, 1.82) is 0 Å². The molecule has 1 fully saturated rings. The number of nitrogens with zero attached hydrogens (tertiary/aromatic N) is 1. The number of anilines is 2. The Labute approximate surface area is 250 Å². The number of aliphatic hydroxyl groups is 1. The Morgan fingerprint density at radius 2 is 1.83 bits per heavy atom. The highest BCUT2D eigenvalue weighted by Gasteiger charge is 2.28. The summed E-state index contributed by atoms with van der Waals surface area (Å²) >= 11 is 0. The van der Waals surface area contributed by atoms with E-state index in [1.54, 1.807) is 23.5 Å². The highest BCUT2D eigenvalue weighted by atomic mass is 32.3. The van der Waals surface area contributed by atoms with E-state index in [0.717, 1.165) is 41.0 Å². The number of carbonyl (C=O) groups excluding carboxylic acids is 1. The second kappa shape index (κ2) is 14.8. The minimum atomic E-state index is -2.95. The Morgan fingerprint density at radius 3 is 2.55 bits per heavy atom. The van der Waals surface area contributed by atoms with Gasteiger partial charge in [0.2, 0.25) is 0 Å². The van der Waals surface area contributed by atoms with Crippen LogP contribution in [0, 0.1) is 6.92 Å². The second-order valence-corrected chi connectivity index (χ2v) is 12.8. The van der Waals surface area contributed by atoms with Crippen LogP contribution in [0.25, 0.3) is 0 Å². The summed E-state index contributed by atoms with van der Waals surface area (Å²) in [5.74, 6) is 0.787. The molecule has 0 aromatic heterocycles. The molecule has 1 aliphatic heterocycles. The molecule has 1 amide bonds. The normalized spacial score (nSPS) is 16.8. The number of carbonyl (C=O) groups is 1. The molecule has 6 N–H and O–H groups in total.